The van der Waals surface area contributed by atoms with Crippen molar-refractivity contribution < 1.29 is 22.3 Å². The first-order chi connectivity index (χ1) is 13.9. The van der Waals surface area contributed by atoms with E-state index in [1.165, 1.54) is 40.2 Å². The van der Waals surface area contributed by atoms with Crippen molar-refractivity contribution in [3.8, 4) is 0 Å². The summed E-state index contributed by atoms with van der Waals surface area (Å²) in [6.07, 6.45) is 0. The summed E-state index contributed by atoms with van der Waals surface area (Å²) < 4.78 is 45.1. The van der Waals surface area contributed by atoms with E-state index in [4.69, 9.17) is 16.3 Å². The molecule has 0 aromatic heterocycles. The summed E-state index contributed by atoms with van der Waals surface area (Å²) in [4.78, 5) is 14.3. The van der Waals surface area contributed by atoms with Gasteiger partial charge >= 0.3 is 0 Å². The Kier molecular flexibility index (Phi) is 5.28. The van der Waals surface area contributed by atoms with Gasteiger partial charge in [-0.05, 0) is 35.9 Å². The van der Waals surface area contributed by atoms with Gasteiger partial charge in [0.15, 0.2) is 0 Å². The van der Waals surface area contributed by atoms with Gasteiger partial charge in [0, 0.05) is 18.1 Å². The fraction of sp³-hybridized carbons (Fsp3) is 0.263. The molecule has 4 rings (SSSR count). The molecule has 0 aliphatic carbocycles. The van der Waals surface area contributed by atoms with Crippen molar-refractivity contribution in [1.82, 2.24) is 4.90 Å². The molecular weight excluding hydrogens is 421 g/mol. The van der Waals surface area contributed by atoms with E-state index in [0.29, 0.717) is 23.8 Å². The Hall–Kier alpha value is -2.49. The molecule has 152 valence electrons. The second-order valence-corrected chi connectivity index (χ2v) is 8.88. The third-order valence-electron chi connectivity index (χ3n) is 4.66. The lowest BCUT2D eigenvalue weighted by atomic mass is 10.2. The highest BCUT2D eigenvalue weighted by molar-refractivity contribution is 8.08. The number of fused-ring (bicyclic) bond motifs is 1. The van der Waals surface area contributed by atoms with Gasteiger partial charge in [-0.3, -0.25) is 9.80 Å². The Labute approximate surface area is 172 Å². The van der Waals surface area contributed by atoms with Crippen LogP contribution < -0.4 is 5.01 Å². The fourth-order valence-electron chi connectivity index (χ4n) is 3.23. The summed E-state index contributed by atoms with van der Waals surface area (Å²) in [6.45, 7) is 1.30. The molecule has 2 aromatic carbocycles. The lowest BCUT2D eigenvalue weighted by Gasteiger charge is -2.31. The highest BCUT2D eigenvalue weighted by Crippen LogP contribution is 2.35. The molecule has 0 unspecified atom stereocenters. The average Bonchev–Trinajstić information content (AvgIpc) is 2.70. The predicted molar refractivity (Wildman–Crippen MR) is 106 cm³/mol. The van der Waals surface area contributed by atoms with E-state index in [1.54, 1.807) is 12.1 Å². The first-order valence-corrected chi connectivity index (χ1v) is 10.7. The monoisotopic (exact) mass is 437 g/mol. The van der Waals surface area contributed by atoms with Gasteiger partial charge in [0.05, 0.1) is 30.3 Å². The van der Waals surface area contributed by atoms with Gasteiger partial charge in [0.1, 0.15) is 5.82 Å². The average molecular weight is 438 g/mol. The number of hydrazone groups is 1. The third kappa shape index (κ3) is 3.85. The molecule has 0 saturated carbocycles. The molecule has 1 fully saturated rings. The highest BCUT2D eigenvalue weighted by Gasteiger charge is 2.39. The SMILES string of the molecule is O=C(C1=NN(Cc2cccc(F)c2)c2cc(Cl)ccc2S1(=O)=O)N1CCOCC1. The van der Waals surface area contributed by atoms with Gasteiger partial charge in [0.25, 0.3) is 5.91 Å². The zero-order valence-electron chi connectivity index (χ0n) is 15.2. The molecule has 2 aromatic rings. The van der Waals surface area contributed by atoms with Crippen LogP contribution in [-0.4, -0.2) is 50.6 Å². The molecule has 29 heavy (non-hydrogen) atoms. The van der Waals surface area contributed by atoms with Gasteiger partial charge in [-0.1, -0.05) is 23.7 Å². The molecule has 0 atom stereocenters. The summed E-state index contributed by atoms with van der Waals surface area (Å²) in [5.74, 6) is -1.11. The van der Waals surface area contributed by atoms with E-state index in [1.807, 2.05) is 0 Å². The maximum Gasteiger partial charge on any atom is 0.286 e. The Bertz CT molecular complexity index is 1100. The first-order valence-electron chi connectivity index (χ1n) is 8.88. The smallest absolute Gasteiger partial charge is 0.286 e. The van der Waals surface area contributed by atoms with Gasteiger partial charge in [-0.25, -0.2) is 12.8 Å². The minimum atomic E-state index is -4.14. The van der Waals surface area contributed by atoms with Crippen molar-refractivity contribution in [3.05, 3.63) is 58.9 Å². The number of amides is 1. The minimum absolute atomic E-state index is 0.0649. The topological polar surface area (TPSA) is 79.3 Å². The van der Waals surface area contributed by atoms with Crippen LogP contribution in [-0.2, 0) is 25.9 Å². The van der Waals surface area contributed by atoms with Crippen LogP contribution in [0.3, 0.4) is 0 Å². The standard InChI is InChI=1S/C19H17ClFN3O4S/c20-14-4-5-17-16(11-14)24(12-13-2-1-3-15(21)10-13)22-18(29(17,26)27)19(25)23-6-8-28-9-7-23/h1-5,10-11H,6-9,12H2. The van der Waals surface area contributed by atoms with Gasteiger partial charge in [-0.2, -0.15) is 5.10 Å². The normalized spacial score (nSPS) is 18.2. The van der Waals surface area contributed by atoms with Gasteiger partial charge in [-0.15, -0.1) is 0 Å². The number of sulfone groups is 1. The van der Waals surface area contributed by atoms with Crippen LogP contribution in [0.2, 0.25) is 5.02 Å². The van der Waals surface area contributed by atoms with E-state index >= 15 is 0 Å². The highest BCUT2D eigenvalue weighted by atomic mass is 35.5. The number of ether oxygens (including phenoxy) is 1. The molecule has 10 heteroatoms. The number of morpholine rings is 1. The zero-order valence-corrected chi connectivity index (χ0v) is 16.8. The van der Waals surface area contributed by atoms with Crippen molar-refractivity contribution >= 4 is 38.1 Å². The number of anilines is 1. The number of carbonyl (C=O) groups excluding carboxylic acids is 1. The summed E-state index contributed by atoms with van der Waals surface area (Å²) in [6, 6.07) is 10.1. The van der Waals surface area contributed by atoms with E-state index in [0.717, 1.165) is 0 Å². The van der Waals surface area contributed by atoms with Crippen LogP contribution in [0, 0.1) is 5.82 Å². The van der Waals surface area contributed by atoms with Gasteiger partial charge in [0.2, 0.25) is 14.9 Å². The molecule has 2 aliphatic heterocycles. The van der Waals surface area contributed by atoms with Crippen LogP contribution in [0.1, 0.15) is 5.56 Å². The Morgan fingerprint density at radius 3 is 2.66 bits per heavy atom. The van der Waals surface area contributed by atoms with Crippen LogP contribution >= 0.6 is 11.6 Å². The number of nitrogens with zero attached hydrogens (tertiary/aromatic N) is 3. The quantitative estimate of drug-likeness (QED) is 0.737. The maximum absolute atomic E-state index is 13.6. The molecular formula is C19H17ClFN3O4S. The molecule has 0 radical (unpaired) electrons. The third-order valence-corrected chi connectivity index (χ3v) is 6.58. The molecule has 0 bridgehead atoms. The van der Waals surface area contributed by atoms with Crippen LogP contribution in [0.15, 0.2) is 52.5 Å². The molecule has 1 saturated heterocycles. The van der Waals surface area contributed by atoms with Crippen molar-refractivity contribution in [2.24, 2.45) is 5.10 Å². The number of rotatable bonds is 3. The van der Waals surface area contributed by atoms with Crippen molar-refractivity contribution in [2.45, 2.75) is 11.4 Å². The van der Waals surface area contributed by atoms with Gasteiger partial charge < -0.3 is 9.64 Å². The second kappa shape index (κ2) is 7.74. The lowest BCUT2D eigenvalue weighted by Crippen LogP contribution is -2.47. The van der Waals surface area contributed by atoms with Crippen molar-refractivity contribution in [1.29, 1.82) is 0 Å². The van der Waals surface area contributed by atoms with E-state index < -0.39 is 26.6 Å². The Morgan fingerprint density at radius 2 is 1.93 bits per heavy atom. The van der Waals surface area contributed by atoms with E-state index in [2.05, 4.69) is 5.10 Å². The zero-order chi connectivity index (χ0) is 20.6. The van der Waals surface area contributed by atoms with Crippen molar-refractivity contribution in [3.63, 3.8) is 0 Å². The number of carbonyl (C=O) groups is 1. The Morgan fingerprint density at radius 1 is 1.17 bits per heavy atom. The van der Waals surface area contributed by atoms with E-state index in [9.17, 15) is 17.6 Å². The first kappa shape index (κ1) is 19.8. The van der Waals surface area contributed by atoms with E-state index in [-0.39, 0.29) is 30.2 Å². The number of halogens is 2. The summed E-state index contributed by atoms with van der Waals surface area (Å²) in [5, 5.41) is 5.29. The lowest BCUT2D eigenvalue weighted by molar-refractivity contribution is -0.127. The molecule has 0 N–H and O–H groups in total. The minimum Gasteiger partial charge on any atom is -0.378 e. The second-order valence-electron chi connectivity index (χ2n) is 6.61. The van der Waals surface area contributed by atoms with Crippen LogP contribution in [0.5, 0.6) is 0 Å². The van der Waals surface area contributed by atoms with Crippen molar-refractivity contribution in [2.75, 3.05) is 31.3 Å². The fourth-order valence-corrected chi connectivity index (χ4v) is 4.86. The number of benzene rings is 2. The number of hydrogen-bond acceptors (Lipinski definition) is 6. The molecule has 2 aliphatic rings. The van der Waals surface area contributed by atoms with Crippen LogP contribution in [0.25, 0.3) is 0 Å². The molecule has 2 heterocycles. The molecule has 1 amide bonds. The largest absolute Gasteiger partial charge is 0.378 e. The predicted octanol–water partition coefficient (Wildman–Crippen LogP) is 2.45. The summed E-state index contributed by atoms with van der Waals surface area (Å²) in [7, 11) is -4.14. The maximum atomic E-state index is 13.6. The van der Waals surface area contributed by atoms with Crippen LogP contribution in [0.4, 0.5) is 10.1 Å². The number of hydrogen-bond donors (Lipinski definition) is 0. The summed E-state index contributed by atoms with van der Waals surface area (Å²) in [5.41, 5.74) is 0.803. The summed E-state index contributed by atoms with van der Waals surface area (Å²) >= 11 is 6.06. The Balaban J connectivity index is 1.79. The molecule has 0 spiro atoms. The molecule has 7 nitrogen and oxygen atoms in total.